The molecule has 0 unspecified atom stereocenters. The molecule has 136 valence electrons. The van der Waals surface area contributed by atoms with E-state index in [1.165, 1.54) is 22.6 Å². The average molecular weight is 409 g/mol. The molecule has 1 aromatic heterocycles. The lowest BCUT2D eigenvalue weighted by molar-refractivity contribution is 0.603. The Balaban J connectivity index is 2.21. The normalized spacial score (nSPS) is 11.8. The molecule has 3 aromatic rings. The van der Waals surface area contributed by atoms with Gasteiger partial charge in [0.25, 0.3) is 5.56 Å². The number of rotatable bonds is 5. The van der Waals surface area contributed by atoms with Crippen LogP contribution < -0.4 is 5.56 Å². The highest BCUT2D eigenvalue weighted by atomic mass is 35.5. The number of para-hydroxylation sites is 1. The van der Waals surface area contributed by atoms with E-state index in [4.69, 9.17) is 11.6 Å². The minimum absolute atomic E-state index is 0.00882. The number of hydrogen-bond acceptors (Lipinski definition) is 5. The number of nitrogens with zero attached hydrogens (tertiary/aromatic N) is 2. The quantitative estimate of drug-likeness (QED) is 0.477. The molecule has 0 saturated carbocycles. The number of fused-ring (bicyclic) bond motifs is 1. The molecule has 2 aromatic carbocycles. The maximum Gasteiger partial charge on any atom is 0.266 e. The smallest absolute Gasteiger partial charge is 0.266 e. The van der Waals surface area contributed by atoms with Crippen LogP contribution in [0.4, 0.5) is 0 Å². The van der Waals surface area contributed by atoms with Gasteiger partial charge in [-0.3, -0.25) is 9.36 Å². The first kappa shape index (κ1) is 18.9. The average Bonchev–Trinajstić information content (AvgIpc) is 2.57. The fourth-order valence-corrected chi connectivity index (χ4v) is 4.91. The summed E-state index contributed by atoms with van der Waals surface area (Å²) in [7, 11) is -3.10. The van der Waals surface area contributed by atoms with Crippen molar-refractivity contribution in [3.05, 3.63) is 63.4 Å². The van der Waals surface area contributed by atoms with Crippen LogP contribution in [0.1, 0.15) is 5.56 Å². The van der Waals surface area contributed by atoms with E-state index in [2.05, 4.69) is 4.98 Å². The summed E-state index contributed by atoms with van der Waals surface area (Å²) in [6, 6.07) is 12.4. The molecule has 0 saturated heterocycles. The lowest BCUT2D eigenvalue weighted by atomic mass is 10.2. The van der Waals surface area contributed by atoms with Crippen LogP contribution >= 0.6 is 23.4 Å². The third-order valence-electron chi connectivity index (χ3n) is 3.91. The molecule has 0 aliphatic carbocycles. The molecule has 0 bridgehead atoms. The van der Waals surface area contributed by atoms with Crippen LogP contribution in [0.25, 0.3) is 16.6 Å². The minimum atomic E-state index is -3.10. The summed E-state index contributed by atoms with van der Waals surface area (Å²) in [5, 5.41) is 1.50. The molecule has 8 heteroatoms. The first-order valence-electron chi connectivity index (χ1n) is 7.86. The SMILES string of the molecule is Cc1c(Cl)cccc1-n1c(SCCS(C)(=O)=O)nc2ccccc2c1=O. The van der Waals surface area contributed by atoms with Crippen molar-refractivity contribution >= 4 is 44.1 Å². The Bertz CT molecular complexity index is 1140. The van der Waals surface area contributed by atoms with Crippen molar-refractivity contribution in [2.24, 2.45) is 0 Å². The maximum atomic E-state index is 13.1. The first-order valence-corrected chi connectivity index (χ1v) is 11.3. The standard InChI is InChI=1S/C18H17ClN2O3S2/c1-12-14(19)7-5-9-16(12)21-17(22)13-6-3-4-8-15(13)20-18(21)25-10-11-26(2,23)24/h3-9H,10-11H2,1-2H3. The van der Waals surface area contributed by atoms with Gasteiger partial charge in [0.1, 0.15) is 9.84 Å². The molecule has 0 N–H and O–H groups in total. The zero-order chi connectivity index (χ0) is 18.9. The lowest BCUT2D eigenvalue weighted by Crippen LogP contribution is -2.23. The third-order valence-corrected chi connectivity index (χ3v) is 6.46. The number of benzene rings is 2. The highest BCUT2D eigenvalue weighted by Gasteiger charge is 2.16. The number of hydrogen-bond donors (Lipinski definition) is 0. The van der Waals surface area contributed by atoms with E-state index >= 15 is 0 Å². The fourth-order valence-electron chi connectivity index (χ4n) is 2.54. The molecule has 3 rings (SSSR count). The van der Waals surface area contributed by atoms with Crippen molar-refractivity contribution in [2.45, 2.75) is 12.1 Å². The first-order chi connectivity index (χ1) is 12.3. The lowest BCUT2D eigenvalue weighted by Gasteiger charge is -2.15. The Morgan fingerprint density at radius 2 is 1.88 bits per heavy atom. The molecule has 26 heavy (non-hydrogen) atoms. The molecule has 1 heterocycles. The summed E-state index contributed by atoms with van der Waals surface area (Å²) in [5.74, 6) is 0.318. The van der Waals surface area contributed by atoms with Crippen molar-refractivity contribution in [3.8, 4) is 5.69 Å². The molecular weight excluding hydrogens is 392 g/mol. The molecule has 0 radical (unpaired) electrons. The second kappa shape index (κ2) is 7.42. The largest absolute Gasteiger partial charge is 0.268 e. The number of sulfone groups is 1. The van der Waals surface area contributed by atoms with Gasteiger partial charge in [0, 0.05) is 17.0 Å². The Morgan fingerprint density at radius 3 is 2.62 bits per heavy atom. The van der Waals surface area contributed by atoms with Crippen LogP contribution in [0.2, 0.25) is 5.02 Å². The van der Waals surface area contributed by atoms with Crippen LogP contribution in [-0.2, 0) is 9.84 Å². The van der Waals surface area contributed by atoms with Crippen molar-refractivity contribution < 1.29 is 8.42 Å². The molecule has 0 aliphatic heterocycles. The highest BCUT2D eigenvalue weighted by molar-refractivity contribution is 8.00. The van der Waals surface area contributed by atoms with Crippen molar-refractivity contribution in [2.75, 3.05) is 17.8 Å². The van der Waals surface area contributed by atoms with Gasteiger partial charge in [-0.05, 0) is 36.8 Å². The molecule has 0 fully saturated rings. The van der Waals surface area contributed by atoms with Crippen molar-refractivity contribution in [1.82, 2.24) is 9.55 Å². The molecular formula is C18H17ClN2O3S2. The highest BCUT2D eigenvalue weighted by Crippen LogP contribution is 2.26. The third kappa shape index (κ3) is 3.95. The number of aromatic nitrogens is 2. The Kier molecular flexibility index (Phi) is 5.41. The summed E-state index contributed by atoms with van der Waals surface area (Å²) >= 11 is 7.47. The summed E-state index contributed by atoms with van der Waals surface area (Å²) in [6.07, 6.45) is 1.19. The van der Waals surface area contributed by atoms with Crippen LogP contribution in [0, 0.1) is 6.92 Å². The van der Waals surface area contributed by atoms with Gasteiger partial charge in [-0.2, -0.15) is 0 Å². The van der Waals surface area contributed by atoms with Gasteiger partial charge in [-0.1, -0.05) is 41.6 Å². The van der Waals surface area contributed by atoms with E-state index in [0.717, 1.165) is 5.56 Å². The Labute approximate surface area is 160 Å². The topological polar surface area (TPSA) is 69.0 Å². The van der Waals surface area contributed by atoms with E-state index < -0.39 is 9.84 Å². The summed E-state index contributed by atoms with van der Waals surface area (Å²) < 4.78 is 24.4. The zero-order valence-corrected chi connectivity index (χ0v) is 16.7. The van der Waals surface area contributed by atoms with Gasteiger partial charge >= 0.3 is 0 Å². The zero-order valence-electron chi connectivity index (χ0n) is 14.3. The number of halogens is 1. The minimum Gasteiger partial charge on any atom is -0.268 e. The Hall–Kier alpha value is -1.83. The second-order valence-corrected chi connectivity index (χ2v) is 9.64. The summed E-state index contributed by atoms with van der Waals surface area (Å²) in [5.41, 5.74) is 1.78. The molecule has 0 amide bonds. The maximum absolute atomic E-state index is 13.1. The van der Waals surface area contributed by atoms with E-state index in [1.807, 2.05) is 13.0 Å². The molecule has 0 spiro atoms. The van der Waals surface area contributed by atoms with E-state index in [0.29, 0.717) is 32.5 Å². The Morgan fingerprint density at radius 1 is 1.15 bits per heavy atom. The van der Waals surface area contributed by atoms with Gasteiger partial charge in [0.2, 0.25) is 0 Å². The van der Waals surface area contributed by atoms with Crippen LogP contribution in [0.5, 0.6) is 0 Å². The van der Waals surface area contributed by atoms with Gasteiger partial charge in [0.05, 0.1) is 22.3 Å². The number of thioether (sulfide) groups is 1. The van der Waals surface area contributed by atoms with Gasteiger partial charge < -0.3 is 0 Å². The van der Waals surface area contributed by atoms with Crippen LogP contribution in [0.15, 0.2) is 52.4 Å². The van der Waals surface area contributed by atoms with Crippen LogP contribution in [-0.4, -0.2) is 35.7 Å². The summed E-state index contributed by atoms with van der Waals surface area (Å²) in [6.45, 7) is 1.84. The molecule has 0 atom stereocenters. The van der Waals surface area contributed by atoms with Gasteiger partial charge in [0.15, 0.2) is 5.16 Å². The molecule has 0 aliphatic rings. The van der Waals surface area contributed by atoms with Gasteiger partial charge in [-0.25, -0.2) is 13.4 Å². The van der Waals surface area contributed by atoms with E-state index in [-0.39, 0.29) is 11.3 Å². The fraction of sp³-hybridized carbons (Fsp3) is 0.222. The van der Waals surface area contributed by atoms with Gasteiger partial charge in [-0.15, -0.1) is 0 Å². The molecule has 5 nitrogen and oxygen atoms in total. The summed E-state index contributed by atoms with van der Waals surface area (Å²) in [4.78, 5) is 17.7. The van der Waals surface area contributed by atoms with Crippen molar-refractivity contribution in [1.29, 1.82) is 0 Å². The van der Waals surface area contributed by atoms with Crippen LogP contribution in [0.3, 0.4) is 0 Å². The predicted octanol–water partition coefficient (Wildman–Crippen LogP) is 3.48. The van der Waals surface area contributed by atoms with E-state index in [1.54, 1.807) is 36.4 Å². The second-order valence-electron chi connectivity index (χ2n) is 5.91. The monoisotopic (exact) mass is 408 g/mol. The van der Waals surface area contributed by atoms with E-state index in [9.17, 15) is 13.2 Å². The van der Waals surface area contributed by atoms with Crippen molar-refractivity contribution in [3.63, 3.8) is 0 Å². The predicted molar refractivity (Wildman–Crippen MR) is 108 cm³/mol.